The van der Waals surface area contributed by atoms with Gasteiger partial charge in [0.2, 0.25) is 12.7 Å². The number of nitrogens with zero attached hydrogens (tertiary/aromatic N) is 3. The minimum atomic E-state index is -0.231. The molecular formula is C33H38N4O4. The highest BCUT2D eigenvalue weighted by molar-refractivity contribution is 5.77. The predicted molar refractivity (Wildman–Crippen MR) is 158 cm³/mol. The molecule has 41 heavy (non-hydrogen) atoms. The fourth-order valence-corrected chi connectivity index (χ4v) is 5.89. The summed E-state index contributed by atoms with van der Waals surface area (Å²) in [5, 5.41) is 3.17. The lowest BCUT2D eigenvalue weighted by molar-refractivity contribution is -0.121. The van der Waals surface area contributed by atoms with Crippen molar-refractivity contribution in [3.8, 4) is 17.2 Å². The molecule has 0 bridgehead atoms. The molecule has 2 aromatic heterocycles. The molecule has 8 heteroatoms. The number of benzene rings is 2. The largest absolute Gasteiger partial charge is 0.485 e. The van der Waals surface area contributed by atoms with Crippen molar-refractivity contribution >= 4 is 11.6 Å². The van der Waals surface area contributed by atoms with Crippen molar-refractivity contribution in [2.24, 2.45) is 0 Å². The second-order valence-electron chi connectivity index (χ2n) is 11.0. The number of ether oxygens (including phenoxy) is 3. The molecule has 1 N–H and O–H groups in total. The van der Waals surface area contributed by atoms with Gasteiger partial charge in [-0.2, -0.15) is 0 Å². The molecule has 1 amide bonds. The summed E-state index contributed by atoms with van der Waals surface area (Å²) in [6.45, 7) is 5.81. The number of rotatable bonds is 11. The van der Waals surface area contributed by atoms with E-state index in [1.54, 1.807) is 0 Å². The number of amides is 1. The van der Waals surface area contributed by atoms with Gasteiger partial charge in [-0.3, -0.25) is 4.79 Å². The Kier molecular flexibility index (Phi) is 8.37. The van der Waals surface area contributed by atoms with Gasteiger partial charge in [0.15, 0.2) is 22.9 Å². The lowest BCUT2D eigenvalue weighted by atomic mass is 9.92. The van der Waals surface area contributed by atoms with E-state index in [9.17, 15) is 4.79 Å². The number of carbonyl (C=O) groups is 1. The Morgan fingerprint density at radius 1 is 1.10 bits per heavy atom. The molecule has 2 aliphatic heterocycles. The molecule has 4 heterocycles. The van der Waals surface area contributed by atoms with Crippen molar-refractivity contribution in [1.29, 1.82) is 0 Å². The van der Waals surface area contributed by atoms with Crippen LogP contribution in [0.3, 0.4) is 0 Å². The minimum Gasteiger partial charge on any atom is -0.485 e. The van der Waals surface area contributed by atoms with Gasteiger partial charge in [0, 0.05) is 43.9 Å². The van der Waals surface area contributed by atoms with E-state index in [4.69, 9.17) is 19.2 Å². The summed E-state index contributed by atoms with van der Waals surface area (Å²) < 4.78 is 19.4. The molecule has 2 unspecified atom stereocenters. The van der Waals surface area contributed by atoms with Crippen LogP contribution in [0.5, 0.6) is 17.2 Å². The first-order chi connectivity index (χ1) is 20.2. The highest BCUT2D eigenvalue weighted by atomic mass is 16.7. The topological polar surface area (TPSA) is 77.3 Å². The molecule has 8 nitrogen and oxygen atoms in total. The van der Waals surface area contributed by atoms with Crippen LogP contribution in [0.25, 0.3) is 5.65 Å². The van der Waals surface area contributed by atoms with E-state index in [0.29, 0.717) is 37.1 Å². The number of hydrogen-bond donors (Lipinski definition) is 1. The fourth-order valence-electron chi connectivity index (χ4n) is 5.89. The van der Waals surface area contributed by atoms with Crippen LogP contribution in [0.4, 0.5) is 0 Å². The van der Waals surface area contributed by atoms with Crippen LogP contribution in [0.15, 0.2) is 73.1 Å². The number of hydrogen-bond acceptors (Lipinski definition) is 6. The summed E-state index contributed by atoms with van der Waals surface area (Å²) >= 11 is 0. The maximum absolute atomic E-state index is 13.3. The molecule has 2 aromatic carbocycles. The zero-order valence-corrected chi connectivity index (χ0v) is 23.6. The zero-order valence-electron chi connectivity index (χ0n) is 23.6. The lowest BCUT2D eigenvalue weighted by Crippen LogP contribution is -2.39. The SMILES string of the molecule is CC1CCCCN1CCCNC(=O)CC(c1ccc2c(c1)OCO2)c1cnc2c(OCc3ccccc3)cccn12. The summed E-state index contributed by atoms with van der Waals surface area (Å²) in [6, 6.07) is 20.5. The first-order valence-electron chi connectivity index (χ1n) is 14.7. The van der Waals surface area contributed by atoms with E-state index in [2.05, 4.69) is 17.1 Å². The van der Waals surface area contributed by atoms with E-state index in [1.807, 2.05) is 77.5 Å². The Morgan fingerprint density at radius 2 is 1.98 bits per heavy atom. The van der Waals surface area contributed by atoms with Gasteiger partial charge in [-0.1, -0.05) is 42.8 Å². The van der Waals surface area contributed by atoms with Crippen LogP contribution in [0.2, 0.25) is 0 Å². The highest BCUT2D eigenvalue weighted by Gasteiger charge is 2.25. The third-order valence-corrected chi connectivity index (χ3v) is 8.20. The number of aromatic nitrogens is 2. The van der Waals surface area contributed by atoms with Gasteiger partial charge >= 0.3 is 0 Å². The molecule has 0 spiro atoms. The number of pyridine rings is 1. The number of fused-ring (bicyclic) bond motifs is 2. The second-order valence-corrected chi connectivity index (χ2v) is 11.0. The van der Waals surface area contributed by atoms with E-state index < -0.39 is 0 Å². The fraction of sp³-hybridized carbons (Fsp3) is 0.394. The first kappa shape index (κ1) is 27.1. The van der Waals surface area contributed by atoms with Crippen molar-refractivity contribution in [3.05, 3.63) is 89.9 Å². The normalized spacial score (nSPS) is 17.4. The number of carbonyl (C=O) groups excluding carboxylic acids is 1. The summed E-state index contributed by atoms with van der Waals surface area (Å²) in [5.41, 5.74) is 3.71. The molecule has 214 valence electrons. The number of nitrogens with one attached hydrogen (secondary N) is 1. The van der Waals surface area contributed by atoms with Gasteiger partial charge in [0.05, 0.1) is 5.69 Å². The van der Waals surface area contributed by atoms with Crippen molar-refractivity contribution < 1.29 is 19.0 Å². The first-order valence-corrected chi connectivity index (χ1v) is 14.7. The van der Waals surface area contributed by atoms with Gasteiger partial charge < -0.3 is 28.8 Å². The van der Waals surface area contributed by atoms with Crippen molar-refractivity contribution in [2.75, 3.05) is 26.4 Å². The standard InChI is InChI=1S/C33H38N4O4/c1-24-9-5-6-16-36(24)17-8-15-34-32(38)20-27(26-13-14-29-31(19-26)41-23-40-29)28-21-35-33-30(12-7-18-37(28)33)39-22-25-10-3-2-4-11-25/h2-4,7,10-14,18-19,21,24,27H,5-6,8-9,15-17,20,22-23H2,1H3,(H,34,38). The van der Waals surface area contributed by atoms with Crippen LogP contribution in [0.1, 0.15) is 61.8 Å². The minimum absolute atomic E-state index is 0.0193. The zero-order chi connectivity index (χ0) is 28.0. The maximum Gasteiger partial charge on any atom is 0.231 e. The second kappa shape index (κ2) is 12.6. The monoisotopic (exact) mass is 554 g/mol. The Morgan fingerprint density at radius 3 is 2.85 bits per heavy atom. The molecule has 0 saturated carbocycles. The number of imidazole rings is 1. The summed E-state index contributed by atoms with van der Waals surface area (Å²) in [7, 11) is 0. The molecule has 4 aromatic rings. The molecule has 6 rings (SSSR count). The Hall–Kier alpha value is -4.04. The van der Waals surface area contributed by atoms with Gasteiger partial charge in [-0.25, -0.2) is 4.98 Å². The van der Waals surface area contributed by atoms with E-state index in [-0.39, 0.29) is 18.6 Å². The van der Waals surface area contributed by atoms with Gasteiger partial charge in [0.25, 0.3) is 0 Å². The Labute approximate surface area is 241 Å². The molecular weight excluding hydrogens is 516 g/mol. The van der Waals surface area contributed by atoms with Gasteiger partial charge in [-0.15, -0.1) is 0 Å². The smallest absolute Gasteiger partial charge is 0.231 e. The molecule has 2 aliphatic rings. The average Bonchev–Trinajstić information content (AvgIpc) is 3.66. The predicted octanol–water partition coefficient (Wildman–Crippen LogP) is 5.54. The molecule has 2 atom stereocenters. The Bertz CT molecular complexity index is 1470. The lowest BCUT2D eigenvalue weighted by Gasteiger charge is -2.33. The van der Waals surface area contributed by atoms with Crippen LogP contribution in [-0.4, -0.2) is 52.7 Å². The van der Waals surface area contributed by atoms with E-state index in [0.717, 1.165) is 47.7 Å². The van der Waals surface area contributed by atoms with E-state index >= 15 is 0 Å². The highest BCUT2D eigenvalue weighted by Crippen LogP contribution is 2.38. The summed E-state index contributed by atoms with van der Waals surface area (Å²) in [6.07, 6.45) is 8.93. The van der Waals surface area contributed by atoms with Crippen molar-refractivity contribution in [3.63, 3.8) is 0 Å². The molecule has 1 fully saturated rings. The van der Waals surface area contributed by atoms with Crippen LogP contribution < -0.4 is 19.5 Å². The van der Waals surface area contributed by atoms with Gasteiger partial charge in [0.1, 0.15) is 6.61 Å². The summed E-state index contributed by atoms with van der Waals surface area (Å²) in [4.78, 5) is 20.6. The third-order valence-electron chi connectivity index (χ3n) is 8.20. The van der Waals surface area contributed by atoms with Crippen LogP contribution >= 0.6 is 0 Å². The molecule has 0 aliphatic carbocycles. The Balaban J connectivity index is 1.19. The van der Waals surface area contributed by atoms with Crippen LogP contribution in [0, 0.1) is 0 Å². The van der Waals surface area contributed by atoms with Gasteiger partial charge in [-0.05, 0) is 68.1 Å². The number of piperidine rings is 1. The quantitative estimate of drug-likeness (QED) is 0.245. The van der Waals surface area contributed by atoms with Crippen molar-refractivity contribution in [1.82, 2.24) is 19.6 Å². The number of likely N-dealkylation sites (tertiary alicyclic amines) is 1. The molecule has 1 saturated heterocycles. The third kappa shape index (κ3) is 6.33. The molecule has 0 radical (unpaired) electrons. The van der Waals surface area contributed by atoms with E-state index in [1.165, 1.54) is 19.3 Å². The average molecular weight is 555 g/mol. The van der Waals surface area contributed by atoms with Crippen molar-refractivity contribution in [2.45, 2.75) is 57.6 Å². The summed E-state index contributed by atoms with van der Waals surface area (Å²) in [5.74, 6) is 1.91. The maximum atomic E-state index is 13.3. The van der Waals surface area contributed by atoms with Crippen LogP contribution in [-0.2, 0) is 11.4 Å².